The van der Waals surface area contributed by atoms with E-state index in [4.69, 9.17) is 16.7 Å². The second kappa shape index (κ2) is 8.74. The quantitative estimate of drug-likeness (QED) is 0.461. The van der Waals surface area contributed by atoms with Gasteiger partial charge in [0.2, 0.25) is 0 Å². The first-order valence-electron chi connectivity index (χ1n) is 10.7. The highest BCUT2D eigenvalue weighted by Crippen LogP contribution is 2.34. The fourth-order valence-corrected chi connectivity index (χ4v) is 5.21. The summed E-state index contributed by atoms with van der Waals surface area (Å²) in [4.78, 5) is 5.16. The van der Waals surface area contributed by atoms with Crippen LogP contribution in [0, 0.1) is 0 Å². The Labute approximate surface area is 191 Å². The van der Waals surface area contributed by atoms with Crippen LogP contribution in [0.4, 0.5) is 5.69 Å². The SMILES string of the molecule is Clc1ccc(N2CCN([C@H]3CC[C@H](n4ccc(-c5ccc(Br)cc5)n4)C3)CC2)cc1. The van der Waals surface area contributed by atoms with Crippen molar-refractivity contribution in [2.45, 2.75) is 31.3 Å². The standard InChI is InChI=1S/C24H26BrClN4/c25-19-3-1-18(2-4-19)24-11-12-30(27-24)23-10-9-22(17-23)29-15-13-28(14-16-29)21-7-5-20(26)6-8-21/h1-8,11-12,22-23H,9-10,13-17H2/t22-,23-/m0/s1. The molecular formula is C24H26BrClN4. The van der Waals surface area contributed by atoms with E-state index < -0.39 is 0 Å². The number of hydrogen-bond acceptors (Lipinski definition) is 3. The Bertz CT molecular complexity index is 977. The first-order valence-corrected chi connectivity index (χ1v) is 11.9. The van der Waals surface area contributed by atoms with Gasteiger partial charge in [0, 0.05) is 59.2 Å². The molecule has 5 rings (SSSR count). The Morgan fingerprint density at radius 2 is 1.53 bits per heavy atom. The molecule has 0 bridgehead atoms. The van der Waals surface area contributed by atoms with Crippen LogP contribution in [-0.4, -0.2) is 46.9 Å². The maximum Gasteiger partial charge on any atom is 0.0923 e. The molecule has 3 aromatic rings. The molecule has 0 radical (unpaired) electrons. The smallest absolute Gasteiger partial charge is 0.0923 e. The number of piperazine rings is 1. The first-order chi connectivity index (χ1) is 14.7. The molecule has 0 unspecified atom stereocenters. The summed E-state index contributed by atoms with van der Waals surface area (Å²) < 4.78 is 3.29. The van der Waals surface area contributed by atoms with Crippen LogP contribution in [-0.2, 0) is 0 Å². The molecule has 0 spiro atoms. The molecule has 1 aliphatic carbocycles. The van der Waals surface area contributed by atoms with Crippen LogP contribution in [0.2, 0.25) is 5.02 Å². The molecular weight excluding hydrogens is 460 g/mol. The largest absolute Gasteiger partial charge is 0.369 e. The lowest BCUT2D eigenvalue weighted by Gasteiger charge is -2.39. The monoisotopic (exact) mass is 484 g/mol. The van der Waals surface area contributed by atoms with E-state index in [1.54, 1.807) is 0 Å². The van der Waals surface area contributed by atoms with Gasteiger partial charge in [0.25, 0.3) is 0 Å². The number of anilines is 1. The minimum absolute atomic E-state index is 0.508. The fraction of sp³-hybridized carbons (Fsp3) is 0.375. The van der Waals surface area contributed by atoms with Crippen molar-refractivity contribution in [3.8, 4) is 11.3 Å². The molecule has 1 saturated carbocycles. The third-order valence-corrected chi connectivity index (χ3v) is 7.30. The van der Waals surface area contributed by atoms with Gasteiger partial charge in [0.15, 0.2) is 0 Å². The van der Waals surface area contributed by atoms with E-state index >= 15 is 0 Å². The van der Waals surface area contributed by atoms with Gasteiger partial charge in [0.1, 0.15) is 0 Å². The highest BCUT2D eigenvalue weighted by atomic mass is 79.9. The van der Waals surface area contributed by atoms with Crippen molar-refractivity contribution in [2.24, 2.45) is 0 Å². The van der Waals surface area contributed by atoms with Crippen LogP contribution in [0.1, 0.15) is 25.3 Å². The number of nitrogens with zero attached hydrogens (tertiary/aromatic N) is 4. The van der Waals surface area contributed by atoms with Gasteiger partial charge in [-0.2, -0.15) is 5.10 Å². The van der Waals surface area contributed by atoms with E-state index in [0.717, 1.165) is 41.4 Å². The molecule has 1 aliphatic heterocycles. The van der Waals surface area contributed by atoms with Gasteiger partial charge in [-0.15, -0.1) is 0 Å². The number of hydrogen-bond donors (Lipinski definition) is 0. The summed E-state index contributed by atoms with van der Waals surface area (Å²) >= 11 is 9.53. The summed E-state index contributed by atoms with van der Waals surface area (Å²) in [6, 6.07) is 19.9. The Kier molecular flexibility index (Phi) is 5.85. The van der Waals surface area contributed by atoms with Crippen molar-refractivity contribution in [1.29, 1.82) is 0 Å². The van der Waals surface area contributed by atoms with Crippen molar-refractivity contribution < 1.29 is 0 Å². The van der Waals surface area contributed by atoms with E-state index in [-0.39, 0.29) is 0 Å². The number of rotatable bonds is 4. The second-order valence-corrected chi connectivity index (χ2v) is 9.66. The van der Waals surface area contributed by atoms with Gasteiger partial charge >= 0.3 is 0 Å². The average Bonchev–Trinajstić information content (AvgIpc) is 3.45. The predicted molar refractivity (Wildman–Crippen MR) is 127 cm³/mol. The summed E-state index contributed by atoms with van der Waals surface area (Å²) in [5.41, 5.74) is 3.51. The minimum atomic E-state index is 0.508. The summed E-state index contributed by atoms with van der Waals surface area (Å²) in [7, 11) is 0. The number of halogens is 2. The first kappa shape index (κ1) is 20.1. The maximum absolute atomic E-state index is 6.03. The zero-order chi connectivity index (χ0) is 20.5. The van der Waals surface area contributed by atoms with E-state index in [1.165, 1.54) is 30.5 Å². The third-order valence-electron chi connectivity index (χ3n) is 6.52. The molecule has 30 heavy (non-hydrogen) atoms. The van der Waals surface area contributed by atoms with Crippen LogP contribution >= 0.6 is 27.5 Å². The summed E-state index contributed by atoms with van der Waals surface area (Å²) in [6.45, 7) is 4.42. The normalized spacial score (nSPS) is 22.5. The van der Waals surface area contributed by atoms with E-state index in [1.807, 2.05) is 12.1 Å². The van der Waals surface area contributed by atoms with Crippen LogP contribution in [0.3, 0.4) is 0 Å². The van der Waals surface area contributed by atoms with Crippen molar-refractivity contribution in [3.05, 3.63) is 70.3 Å². The van der Waals surface area contributed by atoms with Gasteiger partial charge in [0.05, 0.1) is 11.7 Å². The molecule has 1 saturated heterocycles. The molecule has 156 valence electrons. The lowest BCUT2D eigenvalue weighted by atomic mass is 10.1. The average molecular weight is 486 g/mol. The van der Waals surface area contributed by atoms with Crippen molar-refractivity contribution in [2.75, 3.05) is 31.1 Å². The summed E-state index contributed by atoms with van der Waals surface area (Å²) in [5.74, 6) is 0. The Morgan fingerprint density at radius 1 is 0.833 bits per heavy atom. The van der Waals surface area contributed by atoms with Gasteiger partial charge in [-0.25, -0.2) is 0 Å². The maximum atomic E-state index is 6.03. The number of benzene rings is 2. The molecule has 2 atom stereocenters. The van der Waals surface area contributed by atoms with Crippen LogP contribution < -0.4 is 4.90 Å². The van der Waals surface area contributed by atoms with E-state index in [2.05, 4.69) is 79.1 Å². The summed E-state index contributed by atoms with van der Waals surface area (Å²) in [6.07, 6.45) is 5.83. The lowest BCUT2D eigenvalue weighted by molar-refractivity contribution is 0.183. The lowest BCUT2D eigenvalue weighted by Crippen LogP contribution is -2.49. The molecule has 1 aromatic heterocycles. The topological polar surface area (TPSA) is 24.3 Å². The molecule has 2 fully saturated rings. The van der Waals surface area contributed by atoms with Crippen molar-refractivity contribution >= 4 is 33.2 Å². The van der Waals surface area contributed by atoms with Crippen molar-refractivity contribution in [1.82, 2.24) is 14.7 Å². The zero-order valence-corrected chi connectivity index (χ0v) is 19.3. The van der Waals surface area contributed by atoms with Crippen LogP contribution in [0.5, 0.6) is 0 Å². The van der Waals surface area contributed by atoms with Crippen LogP contribution in [0.25, 0.3) is 11.3 Å². The Morgan fingerprint density at radius 3 is 2.27 bits per heavy atom. The Hall–Kier alpha value is -1.82. The van der Waals surface area contributed by atoms with Gasteiger partial charge in [-0.05, 0) is 61.7 Å². The molecule has 2 heterocycles. The molecule has 6 heteroatoms. The summed E-state index contributed by atoms with van der Waals surface area (Å²) in [5, 5.41) is 5.70. The molecule has 2 aromatic carbocycles. The van der Waals surface area contributed by atoms with Crippen LogP contribution in [0.15, 0.2) is 65.3 Å². The minimum Gasteiger partial charge on any atom is -0.369 e. The Balaban J connectivity index is 1.18. The number of aromatic nitrogens is 2. The second-order valence-electron chi connectivity index (χ2n) is 8.31. The molecule has 0 amide bonds. The third kappa shape index (κ3) is 4.29. The van der Waals surface area contributed by atoms with E-state index in [0.29, 0.717) is 12.1 Å². The van der Waals surface area contributed by atoms with Gasteiger partial charge in [-0.3, -0.25) is 9.58 Å². The van der Waals surface area contributed by atoms with Gasteiger partial charge in [-0.1, -0.05) is 39.7 Å². The molecule has 0 N–H and O–H groups in total. The molecule has 4 nitrogen and oxygen atoms in total. The van der Waals surface area contributed by atoms with Gasteiger partial charge < -0.3 is 4.90 Å². The molecule has 2 aliphatic rings. The zero-order valence-electron chi connectivity index (χ0n) is 16.9. The highest BCUT2D eigenvalue weighted by molar-refractivity contribution is 9.10. The van der Waals surface area contributed by atoms with Crippen molar-refractivity contribution in [3.63, 3.8) is 0 Å². The fourth-order valence-electron chi connectivity index (χ4n) is 4.82. The highest BCUT2D eigenvalue weighted by Gasteiger charge is 2.32. The van der Waals surface area contributed by atoms with E-state index in [9.17, 15) is 0 Å². The predicted octanol–water partition coefficient (Wildman–Crippen LogP) is 5.88.